The molecule has 1 aliphatic rings. The number of carbonyl (C=O) groups is 2. The third-order valence-electron chi connectivity index (χ3n) is 4.60. The van der Waals surface area contributed by atoms with Gasteiger partial charge in [0.15, 0.2) is 0 Å². The first-order valence-corrected chi connectivity index (χ1v) is 9.86. The highest BCUT2D eigenvalue weighted by Crippen LogP contribution is 2.14. The second-order valence-corrected chi connectivity index (χ2v) is 7.28. The first-order valence-electron chi connectivity index (χ1n) is 9.48. The largest absolute Gasteiger partial charge is 0.492 e. The van der Waals surface area contributed by atoms with E-state index in [1.807, 2.05) is 24.3 Å². The first kappa shape index (κ1) is 20.1. The van der Waals surface area contributed by atoms with Crippen molar-refractivity contribution in [3.63, 3.8) is 0 Å². The summed E-state index contributed by atoms with van der Waals surface area (Å²) in [5.41, 5.74) is 1.66. The van der Waals surface area contributed by atoms with Crippen molar-refractivity contribution in [1.82, 2.24) is 15.6 Å². The minimum Gasteiger partial charge on any atom is -0.492 e. The molecule has 28 heavy (non-hydrogen) atoms. The predicted octanol–water partition coefficient (Wildman–Crippen LogP) is 2.68. The van der Waals surface area contributed by atoms with E-state index >= 15 is 0 Å². The molecule has 6 nitrogen and oxygen atoms in total. The Balaban J connectivity index is 1.54. The number of carbonyl (C=O) groups excluding carboxylic acids is 2. The van der Waals surface area contributed by atoms with Gasteiger partial charge in [-0.05, 0) is 36.2 Å². The summed E-state index contributed by atoms with van der Waals surface area (Å²) in [6.45, 7) is 2.77. The van der Waals surface area contributed by atoms with Gasteiger partial charge in [0.05, 0.1) is 12.8 Å². The van der Waals surface area contributed by atoms with Crippen LogP contribution in [-0.2, 0) is 22.4 Å². The number of piperazine rings is 1. The van der Waals surface area contributed by atoms with Gasteiger partial charge in [0.2, 0.25) is 11.8 Å². The molecule has 2 amide bonds. The Bertz CT molecular complexity index is 809. The van der Waals surface area contributed by atoms with Gasteiger partial charge in [-0.25, -0.2) is 0 Å². The number of unbranched alkanes of at least 4 members (excludes halogenated alkanes) is 1. The predicted molar refractivity (Wildman–Crippen MR) is 107 cm³/mol. The van der Waals surface area contributed by atoms with Crippen molar-refractivity contribution < 1.29 is 14.3 Å². The summed E-state index contributed by atoms with van der Waals surface area (Å²) in [6.07, 6.45) is 4.47. The minimum atomic E-state index is -0.631. The van der Waals surface area contributed by atoms with Gasteiger partial charge in [-0.15, -0.1) is 0 Å². The van der Waals surface area contributed by atoms with Gasteiger partial charge < -0.3 is 15.4 Å². The molecule has 2 atom stereocenters. The number of aromatic nitrogens is 1. The number of ether oxygens (including phenoxy) is 1. The lowest BCUT2D eigenvalue weighted by atomic mass is 10.00. The van der Waals surface area contributed by atoms with Crippen LogP contribution < -0.4 is 15.4 Å². The Morgan fingerprint density at radius 1 is 1.00 bits per heavy atom. The quantitative estimate of drug-likeness (QED) is 0.666. The lowest BCUT2D eigenvalue weighted by Gasteiger charge is -2.29. The number of hydrogen-bond acceptors (Lipinski definition) is 4. The highest BCUT2D eigenvalue weighted by molar-refractivity contribution is 6.30. The number of amides is 2. The molecule has 148 valence electrons. The molecule has 2 heterocycles. The molecule has 2 N–H and O–H groups in total. The number of benzene rings is 1. The minimum absolute atomic E-state index is 0.195. The van der Waals surface area contributed by atoms with Gasteiger partial charge in [0, 0.05) is 23.6 Å². The van der Waals surface area contributed by atoms with Crippen LogP contribution in [0, 0.1) is 0 Å². The molecule has 1 saturated heterocycles. The SMILES string of the molecule is CCCCOc1ccc(CC2NC(=O)C(Cc3ccc(Cl)cc3)NC2=O)nc1. The van der Waals surface area contributed by atoms with Crippen molar-refractivity contribution in [1.29, 1.82) is 0 Å². The molecule has 0 saturated carbocycles. The van der Waals surface area contributed by atoms with E-state index in [9.17, 15) is 9.59 Å². The molecule has 1 aliphatic heterocycles. The van der Waals surface area contributed by atoms with E-state index < -0.39 is 12.1 Å². The van der Waals surface area contributed by atoms with Crippen LogP contribution in [0.3, 0.4) is 0 Å². The molecule has 3 rings (SSSR count). The number of rotatable bonds is 8. The van der Waals surface area contributed by atoms with Crippen LogP contribution >= 0.6 is 11.6 Å². The Morgan fingerprint density at radius 2 is 1.68 bits per heavy atom. The van der Waals surface area contributed by atoms with Crippen LogP contribution in [0.4, 0.5) is 0 Å². The van der Waals surface area contributed by atoms with Crippen LogP contribution in [0.15, 0.2) is 42.6 Å². The Morgan fingerprint density at radius 3 is 2.29 bits per heavy atom. The van der Waals surface area contributed by atoms with Crippen LogP contribution in [0.25, 0.3) is 0 Å². The molecule has 2 unspecified atom stereocenters. The molecule has 0 aliphatic carbocycles. The molecule has 1 fully saturated rings. The first-order chi connectivity index (χ1) is 13.5. The summed E-state index contributed by atoms with van der Waals surface area (Å²) < 4.78 is 5.59. The van der Waals surface area contributed by atoms with E-state index in [0.29, 0.717) is 30.2 Å². The van der Waals surface area contributed by atoms with Crippen molar-refractivity contribution >= 4 is 23.4 Å². The summed E-state index contributed by atoms with van der Waals surface area (Å²) in [5, 5.41) is 6.25. The second kappa shape index (κ2) is 9.55. The number of hydrogen-bond donors (Lipinski definition) is 2. The summed E-state index contributed by atoms with van der Waals surface area (Å²) in [6, 6.07) is 9.67. The van der Waals surface area contributed by atoms with Crippen molar-refractivity contribution in [3.8, 4) is 5.75 Å². The third kappa shape index (κ3) is 5.45. The molecule has 7 heteroatoms. The van der Waals surface area contributed by atoms with E-state index in [-0.39, 0.29) is 11.8 Å². The Kier molecular flexibility index (Phi) is 6.87. The third-order valence-corrected chi connectivity index (χ3v) is 4.85. The zero-order valence-electron chi connectivity index (χ0n) is 15.8. The summed E-state index contributed by atoms with van der Waals surface area (Å²) in [7, 11) is 0. The molecule has 2 aromatic rings. The average molecular weight is 402 g/mol. The summed E-state index contributed by atoms with van der Waals surface area (Å²) >= 11 is 5.88. The summed E-state index contributed by atoms with van der Waals surface area (Å²) in [4.78, 5) is 29.2. The van der Waals surface area contributed by atoms with Gasteiger partial charge >= 0.3 is 0 Å². The highest BCUT2D eigenvalue weighted by Gasteiger charge is 2.33. The van der Waals surface area contributed by atoms with E-state index in [1.165, 1.54) is 0 Å². The van der Waals surface area contributed by atoms with Gasteiger partial charge in [0.1, 0.15) is 17.8 Å². The van der Waals surface area contributed by atoms with Gasteiger partial charge in [-0.1, -0.05) is 37.1 Å². The van der Waals surface area contributed by atoms with Crippen molar-refractivity contribution in [2.24, 2.45) is 0 Å². The second-order valence-electron chi connectivity index (χ2n) is 6.84. The van der Waals surface area contributed by atoms with E-state index in [4.69, 9.17) is 16.3 Å². The molecule has 0 bridgehead atoms. The standard InChI is InChI=1S/C21H24ClN3O3/c1-2-3-10-28-17-9-8-16(23-13-17)12-19-21(27)24-18(20(26)25-19)11-14-4-6-15(22)7-5-14/h4-9,13,18-19H,2-3,10-12H2,1H3,(H,24,27)(H,25,26). The maximum atomic E-state index is 12.4. The number of pyridine rings is 1. The van der Waals surface area contributed by atoms with E-state index in [1.54, 1.807) is 18.3 Å². The lowest BCUT2D eigenvalue weighted by Crippen LogP contribution is -2.62. The molecular formula is C21H24ClN3O3. The maximum Gasteiger partial charge on any atom is 0.243 e. The fourth-order valence-electron chi connectivity index (χ4n) is 2.98. The number of nitrogens with one attached hydrogen (secondary N) is 2. The van der Waals surface area contributed by atoms with Gasteiger partial charge in [-0.3, -0.25) is 14.6 Å². The van der Waals surface area contributed by atoms with Crippen molar-refractivity contribution in [2.75, 3.05) is 6.61 Å². The summed E-state index contributed by atoms with van der Waals surface area (Å²) in [5.74, 6) is 0.306. The molecule has 0 radical (unpaired) electrons. The monoisotopic (exact) mass is 401 g/mol. The van der Waals surface area contributed by atoms with Crippen LogP contribution in [0.5, 0.6) is 5.75 Å². The maximum absolute atomic E-state index is 12.4. The van der Waals surface area contributed by atoms with Crippen molar-refractivity contribution in [3.05, 3.63) is 58.9 Å². The average Bonchev–Trinajstić information content (AvgIpc) is 2.69. The van der Waals surface area contributed by atoms with Crippen LogP contribution in [-0.4, -0.2) is 35.5 Å². The van der Waals surface area contributed by atoms with Gasteiger partial charge in [0.25, 0.3) is 0 Å². The van der Waals surface area contributed by atoms with E-state index in [2.05, 4.69) is 22.5 Å². The number of nitrogens with zero attached hydrogens (tertiary/aromatic N) is 1. The normalized spacial score (nSPS) is 19.1. The van der Waals surface area contributed by atoms with Crippen LogP contribution in [0.1, 0.15) is 31.0 Å². The Hall–Kier alpha value is -2.60. The molecule has 0 spiro atoms. The highest BCUT2D eigenvalue weighted by atomic mass is 35.5. The molecule has 1 aromatic heterocycles. The smallest absolute Gasteiger partial charge is 0.243 e. The zero-order valence-corrected chi connectivity index (χ0v) is 16.5. The molecular weight excluding hydrogens is 378 g/mol. The number of halogens is 1. The zero-order chi connectivity index (χ0) is 19.9. The van der Waals surface area contributed by atoms with Crippen LogP contribution in [0.2, 0.25) is 5.02 Å². The van der Waals surface area contributed by atoms with Crippen molar-refractivity contribution in [2.45, 2.75) is 44.7 Å². The van der Waals surface area contributed by atoms with E-state index in [0.717, 1.165) is 24.1 Å². The lowest BCUT2D eigenvalue weighted by molar-refractivity contribution is -0.136. The molecule has 1 aromatic carbocycles. The van der Waals surface area contributed by atoms with Gasteiger partial charge in [-0.2, -0.15) is 0 Å². The fourth-order valence-corrected chi connectivity index (χ4v) is 3.11. The topological polar surface area (TPSA) is 80.3 Å². The Labute approximate surface area is 169 Å². The fraction of sp³-hybridized carbons (Fsp3) is 0.381.